The summed E-state index contributed by atoms with van der Waals surface area (Å²) < 4.78 is 10.1. The fourth-order valence-corrected chi connectivity index (χ4v) is 1.78. The van der Waals surface area contributed by atoms with Crippen LogP contribution in [0.15, 0.2) is 36.4 Å². The Bertz CT molecular complexity index is 595. The third kappa shape index (κ3) is 3.68. The molecule has 0 saturated heterocycles. The average Bonchev–Trinajstić information content (AvgIpc) is 2.54. The van der Waals surface area contributed by atoms with Gasteiger partial charge in [0, 0.05) is 0 Å². The molecule has 6 nitrogen and oxygen atoms in total. The third-order valence-electron chi connectivity index (χ3n) is 3.03. The van der Waals surface area contributed by atoms with Crippen LogP contribution in [0.4, 0.5) is 5.95 Å². The Hall–Kier alpha value is -2.63. The van der Waals surface area contributed by atoms with Crippen molar-refractivity contribution >= 4 is 11.9 Å². The quantitative estimate of drug-likeness (QED) is 0.913. The predicted molar refractivity (Wildman–Crippen MR) is 78.6 cm³/mol. The molecule has 0 radical (unpaired) electrons. The molecule has 1 N–H and O–H groups in total. The number of benzene rings is 1. The van der Waals surface area contributed by atoms with Crippen LogP contribution in [0.3, 0.4) is 0 Å². The number of amides is 1. The third-order valence-corrected chi connectivity index (χ3v) is 3.03. The number of rotatable bonds is 5. The predicted octanol–water partition coefficient (Wildman–Crippen LogP) is 2.24. The number of hydrogen-bond acceptors (Lipinski definition) is 5. The van der Waals surface area contributed by atoms with Crippen molar-refractivity contribution in [2.75, 3.05) is 19.5 Å². The van der Waals surface area contributed by atoms with E-state index in [-0.39, 0.29) is 17.8 Å². The lowest BCUT2D eigenvalue weighted by atomic mass is 10.0. The zero-order valence-corrected chi connectivity index (χ0v) is 12.2. The van der Waals surface area contributed by atoms with Crippen molar-refractivity contribution in [3.05, 3.63) is 42.0 Å². The lowest BCUT2D eigenvalue weighted by Gasteiger charge is -2.12. The van der Waals surface area contributed by atoms with Gasteiger partial charge in [0.15, 0.2) is 0 Å². The molecule has 0 spiro atoms. The molecule has 1 aromatic heterocycles. The largest absolute Gasteiger partial charge is 0.481 e. The summed E-state index contributed by atoms with van der Waals surface area (Å²) in [5.74, 6) is 0.288. The number of aromatic nitrogens is 2. The van der Waals surface area contributed by atoms with E-state index < -0.39 is 0 Å². The van der Waals surface area contributed by atoms with Crippen molar-refractivity contribution in [2.24, 2.45) is 0 Å². The van der Waals surface area contributed by atoms with E-state index in [4.69, 9.17) is 9.47 Å². The van der Waals surface area contributed by atoms with Gasteiger partial charge >= 0.3 is 0 Å². The first-order chi connectivity index (χ1) is 10.1. The first-order valence-electron chi connectivity index (χ1n) is 6.47. The van der Waals surface area contributed by atoms with Crippen LogP contribution in [0.2, 0.25) is 0 Å². The lowest BCUT2D eigenvalue weighted by Crippen LogP contribution is -2.20. The Morgan fingerprint density at radius 2 is 1.67 bits per heavy atom. The average molecular weight is 287 g/mol. The smallest absolute Gasteiger partial charge is 0.236 e. The van der Waals surface area contributed by atoms with Gasteiger partial charge in [0.25, 0.3) is 0 Å². The maximum atomic E-state index is 12.2. The molecule has 0 bridgehead atoms. The molecular weight excluding hydrogens is 270 g/mol. The van der Waals surface area contributed by atoms with Crippen LogP contribution in [-0.2, 0) is 4.79 Å². The maximum absolute atomic E-state index is 12.2. The molecule has 1 aromatic carbocycles. The van der Waals surface area contributed by atoms with E-state index in [9.17, 15) is 4.79 Å². The van der Waals surface area contributed by atoms with E-state index in [0.717, 1.165) is 5.56 Å². The number of ether oxygens (including phenoxy) is 2. The molecular formula is C15H17N3O3. The summed E-state index contributed by atoms with van der Waals surface area (Å²) in [5, 5.41) is 2.67. The topological polar surface area (TPSA) is 73.3 Å². The Kier molecular flexibility index (Phi) is 4.71. The monoisotopic (exact) mass is 287 g/mol. The fraction of sp³-hybridized carbons (Fsp3) is 0.267. The molecule has 1 unspecified atom stereocenters. The summed E-state index contributed by atoms with van der Waals surface area (Å²) in [6.07, 6.45) is 0. The van der Waals surface area contributed by atoms with Crippen LogP contribution < -0.4 is 14.8 Å². The minimum atomic E-state index is -0.313. The van der Waals surface area contributed by atoms with E-state index >= 15 is 0 Å². The molecule has 0 fully saturated rings. The Balaban J connectivity index is 2.16. The molecule has 1 amide bonds. The van der Waals surface area contributed by atoms with Crippen LogP contribution in [0.25, 0.3) is 0 Å². The first-order valence-corrected chi connectivity index (χ1v) is 6.47. The van der Waals surface area contributed by atoms with Gasteiger partial charge in [-0.3, -0.25) is 10.1 Å². The van der Waals surface area contributed by atoms with Crippen molar-refractivity contribution in [1.29, 1.82) is 0 Å². The van der Waals surface area contributed by atoms with E-state index in [1.165, 1.54) is 20.3 Å². The van der Waals surface area contributed by atoms with Crippen LogP contribution in [0.1, 0.15) is 18.4 Å². The zero-order chi connectivity index (χ0) is 15.2. The normalized spacial score (nSPS) is 11.6. The van der Waals surface area contributed by atoms with E-state index in [2.05, 4.69) is 15.3 Å². The zero-order valence-electron chi connectivity index (χ0n) is 12.2. The van der Waals surface area contributed by atoms with Crippen molar-refractivity contribution < 1.29 is 14.3 Å². The highest BCUT2D eigenvalue weighted by Gasteiger charge is 2.17. The van der Waals surface area contributed by atoms with Gasteiger partial charge in [-0.1, -0.05) is 30.3 Å². The standard InChI is InChI=1S/C15H17N3O3/c1-10(11-7-5-4-6-8-11)14(19)18-15-16-12(20-2)9-13(17-15)21-3/h4-10H,1-3H3,(H,16,17,18,19). The van der Waals surface area contributed by atoms with Crippen molar-refractivity contribution in [3.63, 3.8) is 0 Å². The van der Waals surface area contributed by atoms with E-state index in [1.54, 1.807) is 0 Å². The minimum absolute atomic E-state index is 0.152. The summed E-state index contributed by atoms with van der Waals surface area (Å²) in [7, 11) is 2.97. The molecule has 0 saturated carbocycles. The summed E-state index contributed by atoms with van der Waals surface area (Å²) in [6, 6.07) is 11.0. The fourth-order valence-electron chi connectivity index (χ4n) is 1.78. The summed E-state index contributed by atoms with van der Waals surface area (Å²) in [6.45, 7) is 1.82. The number of nitrogens with one attached hydrogen (secondary N) is 1. The van der Waals surface area contributed by atoms with Gasteiger partial charge in [0.2, 0.25) is 23.6 Å². The molecule has 2 aromatic rings. The van der Waals surface area contributed by atoms with Crippen molar-refractivity contribution in [3.8, 4) is 11.8 Å². The Labute approximate surface area is 123 Å². The number of carbonyl (C=O) groups is 1. The Morgan fingerprint density at radius 3 is 2.19 bits per heavy atom. The Morgan fingerprint density at radius 1 is 1.10 bits per heavy atom. The molecule has 110 valence electrons. The first kappa shape index (κ1) is 14.8. The number of anilines is 1. The molecule has 1 atom stereocenters. The second-order valence-corrected chi connectivity index (χ2v) is 4.40. The van der Waals surface area contributed by atoms with Crippen LogP contribution in [0, 0.1) is 0 Å². The van der Waals surface area contributed by atoms with Gasteiger partial charge in [0.1, 0.15) is 0 Å². The molecule has 2 rings (SSSR count). The number of methoxy groups -OCH3 is 2. The SMILES string of the molecule is COc1cc(OC)nc(NC(=O)C(C)c2ccccc2)n1. The molecule has 1 heterocycles. The van der Waals surface area contributed by atoms with Gasteiger partial charge in [-0.2, -0.15) is 9.97 Å². The van der Waals surface area contributed by atoms with Gasteiger partial charge < -0.3 is 9.47 Å². The van der Waals surface area contributed by atoms with E-state index in [1.807, 2.05) is 37.3 Å². The molecule has 0 aliphatic rings. The summed E-state index contributed by atoms with van der Waals surface area (Å²) in [4.78, 5) is 20.4. The highest BCUT2D eigenvalue weighted by Crippen LogP contribution is 2.20. The highest BCUT2D eigenvalue weighted by atomic mass is 16.5. The van der Waals surface area contributed by atoms with Crippen LogP contribution in [-0.4, -0.2) is 30.1 Å². The van der Waals surface area contributed by atoms with Gasteiger partial charge in [-0.05, 0) is 12.5 Å². The molecule has 0 aliphatic heterocycles. The second-order valence-electron chi connectivity index (χ2n) is 4.40. The van der Waals surface area contributed by atoms with Crippen molar-refractivity contribution in [2.45, 2.75) is 12.8 Å². The van der Waals surface area contributed by atoms with E-state index in [0.29, 0.717) is 11.8 Å². The second kappa shape index (κ2) is 6.69. The number of nitrogens with zero attached hydrogens (tertiary/aromatic N) is 2. The van der Waals surface area contributed by atoms with Crippen LogP contribution >= 0.6 is 0 Å². The summed E-state index contributed by atoms with van der Waals surface area (Å²) >= 11 is 0. The summed E-state index contributed by atoms with van der Waals surface area (Å²) in [5.41, 5.74) is 0.921. The van der Waals surface area contributed by atoms with Gasteiger partial charge in [0.05, 0.1) is 26.2 Å². The number of carbonyl (C=O) groups excluding carboxylic acids is 1. The highest BCUT2D eigenvalue weighted by molar-refractivity contribution is 5.94. The molecule has 21 heavy (non-hydrogen) atoms. The van der Waals surface area contributed by atoms with Crippen LogP contribution in [0.5, 0.6) is 11.8 Å². The van der Waals surface area contributed by atoms with Crippen molar-refractivity contribution in [1.82, 2.24) is 9.97 Å². The number of hydrogen-bond donors (Lipinski definition) is 1. The molecule has 6 heteroatoms. The van der Waals surface area contributed by atoms with Gasteiger partial charge in [-0.15, -0.1) is 0 Å². The van der Waals surface area contributed by atoms with Gasteiger partial charge in [-0.25, -0.2) is 0 Å². The maximum Gasteiger partial charge on any atom is 0.236 e. The minimum Gasteiger partial charge on any atom is -0.481 e. The molecule has 0 aliphatic carbocycles. The lowest BCUT2D eigenvalue weighted by molar-refractivity contribution is -0.117.